The largest absolute Gasteiger partial charge is 0.394 e. The molecule has 2 unspecified atom stereocenters. The lowest BCUT2D eigenvalue weighted by atomic mass is 9.77. The highest BCUT2D eigenvalue weighted by atomic mass is 16.3. The Morgan fingerprint density at radius 2 is 2.37 bits per heavy atom. The molecule has 19 heavy (non-hydrogen) atoms. The number of rotatable bonds is 5. The molecule has 1 aliphatic rings. The second kappa shape index (κ2) is 6.35. The van der Waals surface area contributed by atoms with Crippen molar-refractivity contribution in [1.29, 1.82) is 0 Å². The van der Waals surface area contributed by atoms with Crippen LogP contribution in [-0.2, 0) is 6.54 Å². The fourth-order valence-electron chi connectivity index (χ4n) is 3.11. The van der Waals surface area contributed by atoms with E-state index in [0.717, 1.165) is 19.4 Å². The molecule has 0 amide bonds. The van der Waals surface area contributed by atoms with E-state index in [9.17, 15) is 9.90 Å². The highest BCUT2D eigenvalue weighted by Gasteiger charge is 2.33. The molecular weight excluding hydrogens is 240 g/mol. The second-order valence-electron chi connectivity index (χ2n) is 5.80. The number of hydrogen-bond donors (Lipinski definition) is 2. The first-order valence-corrected chi connectivity index (χ1v) is 7.17. The van der Waals surface area contributed by atoms with Gasteiger partial charge >= 0.3 is 0 Å². The van der Waals surface area contributed by atoms with Gasteiger partial charge in [0.15, 0.2) is 0 Å². The third-order valence-electron chi connectivity index (χ3n) is 4.15. The molecule has 1 aromatic rings. The Bertz CT molecular complexity index is 457. The summed E-state index contributed by atoms with van der Waals surface area (Å²) in [4.78, 5) is 11.6. The summed E-state index contributed by atoms with van der Waals surface area (Å²) in [5.41, 5.74) is -0.116. The Morgan fingerprint density at radius 1 is 1.53 bits per heavy atom. The van der Waals surface area contributed by atoms with Crippen LogP contribution in [0, 0.1) is 5.92 Å². The van der Waals surface area contributed by atoms with Crippen LogP contribution in [0.3, 0.4) is 0 Å². The quantitative estimate of drug-likeness (QED) is 0.845. The zero-order valence-corrected chi connectivity index (χ0v) is 11.6. The summed E-state index contributed by atoms with van der Waals surface area (Å²) in [6.07, 6.45) is 6.27. The van der Waals surface area contributed by atoms with E-state index in [1.54, 1.807) is 22.9 Å². The number of nitrogens with one attached hydrogen (secondary N) is 1. The molecule has 2 atom stereocenters. The third kappa shape index (κ3) is 3.67. The summed E-state index contributed by atoms with van der Waals surface area (Å²) >= 11 is 0. The van der Waals surface area contributed by atoms with Crippen LogP contribution in [0.2, 0.25) is 0 Å². The maximum atomic E-state index is 11.6. The van der Waals surface area contributed by atoms with E-state index < -0.39 is 0 Å². The molecule has 1 aliphatic carbocycles. The number of pyridine rings is 1. The molecular formula is C15H24N2O2. The minimum atomic E-state index is -0.143. The molecule has 106 valence electrons. The molecule has 1 fully saturated rings. The summed E-state index contributed by atoms with van der Waals surface area (Å²) in [6.45, 7) is 3.79. The van der Waals surface area contributed by atoms with Gasteiger partial charge in [0.2, 0.25) is 0 Å². The molecule has 4 heteroatoms. The van der Waals surface area contributed by atoms with Gasteiger partial charge in [0.25, 0.3) is 5.56 Å². The molecule has 1 heterocycles. The maximum Gasteiger partial charge on any atom is 0.250 e. The summed E-state index contributed by atoms with van der Waals surface area (Å²) in [5, 5.41) is 13.2. The van der Waals surface area contributed by atoms with Crippen LogP contribution in [0.15, 0.2) is 29.2 Å². The van der Waals surface area contributed by atoms with Crippen LogP contribution in [0.1, 0.15) is 32.6 Å². The van der Waals surface area contributed by atoms with Gasteiger partial charge in [0, 0.05) is 30.9 Å². The fraction of sp³-hybridized carbons (Fsp3) is 0.667. The van der Waals surface area contributed by atoms with E-state index in [1.807, 2.05) is 6.07 Å². The number of aliphatic hydroxyl groups is 1. The highest BCUT2D eigenvalue weighted by molar-refractivity contribution is 4.95. The summed E-state index contributed by atoms with van der Waals surface area (Å²) in [6, 6.07) is 5.20. The van der Waals surface area contributed by atoms with E-state index in [-0.39, 0.29) is 17.7 Å². The van der Waals surface area contributed by atoms with E-state index in [2.05, 4.69) is 12.2 Å². The van der Waals surface area contributed by atoms with Gasteiger partial charge in [0.05, 0.1) is 6.61 Å². The van der Waals surface area contributed by atoms with Gasteiger partial charge in [-0.15, -0.1) is 0 Å². The Balaban J connectivity index is 1.90. The van der Waals surface area contributed by atoms with Crippen molar-refractivity contribution in [2.45, 2.75) is 44.7 Å². The van der Waals surface area contributed by atoms with Gasteiger partial charge in [-0.25, -0.2) is 0 Å². The van der Waals surface area contributed by atoms with E-state index >= 15 is 0 Å². The van der Waals surface area contributed by atoms with E-state index in [0.29, 0.717) is 12.5 Å². The van der Waals surface area contributed by atoms with Gasteiger partial charge < -0.3 is 15.0 Å². The lowest BCUT2D eigenvalue weighted by molar-refractivity contribution is 0.0990. The van der Waals surface area contributed by atoms with Crippen LogP contribution in [0.25, 0.3) is 0 Å². The molecule has 0 spiro atoms. The van der Waals surface area contributed by atoms with Crippen molar-refractivity contribution in [3.63, 3.8) is 0 Å². The number of nitrogens with zero attached hydrogens (tertiary/aromatic N) is 1. The van der Waals surface area contributed by atoms with E-state index in [1.165, 1.54) is 12.8 Å². The number of aromatic nitrogens is 1. The van der Waals surface area contributed by atoms with E-state index in [4.69, 9.17) is 0 Å². The van der Waals surface area contributed by atoms with Gasteiger partial charge in [-0.2, -0.15) is 0 Å². The molecule has 1 saturated carbocycles. The van der Waals surface area contributed by atoms with Crippen LogP contribution >= 0.6 is 0 Å². The van der Waals surface area contributed by atoms with Crippen molar-refractivity contribution < 1.29 is 5.11 Å². The Kier molecular flexibility index (Phi) is 4.77. The normalized spacial score (nSPS) is 27.4. The molecule has 2 rings (SSSR count). The Hall–Kier alpha value is -1.13. The average Bonchev–Trinajstić information content (AvgIpc) is 2.41. The third-order valence-corrected chi connectivity index (χ3v) is 4.15. The highest BCUT2D eigenvalue weighted by Crippen LogP contribution is 2.31. The van der Waals surface area contributed by atoms with Gasteiger partial charge in [0.1, 0.15) is 0 Å². The molecule has 4 nitrogen and oxygen atoms in total. The standard InChI is InChI=1S/C15H24N2O2/c1-13-5-4-7-15(11-13,12-18)16-8-10-17-9-3-2-6-14(17)19/h2-3,6,9,13,16,18H,4-5,7-8,10-12H2,1H3. The molecule has 0 radical (unpaired) electrons. The molecule has 0 aromatic carbocycles. The van der Waals surface area contributed by atoms with Crippen molar-refractivity contribution in [1.82, 2.24) is 9.88 Å². The van der Waals surface area contributed by atoms with Crippen LogP contribution in [-0.4, -0.2) is 28.4 Å². The second-order valence-corrected chi connectivity index (χ2v) is 5.80. The smallest absolute Gasteiger partial charge is 0.250 e. The fourth-order valence-corrected chi connectivity index (χ4v) is 3.11. The molecule has 0 saturated heterocycles. The Morgan fingerprint density at radius 3 is 3.05 bits per heavy atom. The average molecular weight is 264 g/mol. The zero-order chi connectivity index (χ0) is 13.7. The summed E-state index contributed by atoms with van der Waals surface area (Å²) in [7, 11) is 0. The molecule has 0 bridgehead atoms. The summed E-state index contributed by atoms with van der Waals surface area (Å²) < 4.78 is 1.70. The zero-order valence-electron chi connectivity index (χ0n) is 11.6. The molecule has 0 aliphatic heterocycles. The predicted octanol–water partition coefficient (Wildman–Crippen LogP) is 1.38. The van der Waals surface area contributed by atoms with Crippen LogP contribution in [0.5, 0.6) is 0 Å². The minimum Gasteiger partial charge on any atom is -0.394 e. The first-order chi connectivity index (χ1) is 9.15. The van der Waals surface area contributed by atoms with Gasteiger partial charge in [-0.1, -0.05) is 25.8 Å². The lowest BCUT2D eigenvalue weighted by Gasteiger charge is -2.39. The van der Waals surface area contributed by atoms with Crippen molar-refractivity contribution >= 4 is 0 Å². The number of aliphatic hydroxyl groups excluding tert-OH is 1. The molecule has 1 aromatic heterocycles. The summed E-state index contributed by atoms with van der Waals surface area (Å²) in [5.74, 6) is 0.660. The van der Waals surface area contributed by atoms with Crippen molar-refractivity contribution in [3.05, 3.63) is 34.7 Å². The van der Waals surface area contributed by atoms with Crippen LogP contribution in [0.4, 0.5) is 0 Å². The van der Waals surface area contributed by atoms with Crippen molar-refractivity contribution in [2.75, 3.05) is 13.2 Å². The topological polar surface area (TPSA) is 54.3 Å². The maximum absolute atomic E-state index is 11.6. The first kappa shape index (κ1) is 14.3. The monoisotopic (exact) mass is 264 g/mol. The number of hydrogen-bond acceptors (Lipinski definition) is 3. The van der Waals surface area contributed by atoms with Gasteiger partial charge in [-0.3, -0.25) is 4.79 Å². The van der Waals surface area contributed by atoms with Crippen molar-refractivity contribution in [3.8, 4) is 0 Å². The molecule has 2 N–H and O–H groups in total. The van der Waals surface area contributed by atoms with Gasteiger partial charge in [-0.05, 0) is 24.8 Å². The first-order valence-electron chi connectivity index (χ1n) is 7.17. The van der Waals surface area contributed by atoms with Crippen molar-refractivity contribution in [2.24, 2.45) is 5.92 Å². The minimum absolute atomic E-state index is 0.0272. The van der Waals surface area contributed by atoms with Crippen LogP contribution < -0.4 is 10.9 Å². The predicted molar refractivity (Wildman–Crippen MR) is 76.2 cm³/mol. The Labute approximate surface area is 114 Å². The SMILES string of the molecule is CC1CCCC(CO)(NCCn2ccccc2=O)C1. The lowest BCUT2D eigenvalue weighted by Crippen LogP contribution is -2.52.